The molecule has 4 heteroatoms. The highest BCUT2D eigenvalue weighted by atomic mass is 32.2. The molecule has 25 heavy (non-hydrogen) atoms. The van der Waals surface area contributed by atoms with Gasteiger partial charge in [-0.15, -0.1) is 0 Å². The molecule has 0 bridgehead atoms. The van der Waals surface area contributed by atoms with Gasteiger partial charge >= 0.3 is 5.97 Å². The van der Waals surface area contributed by atoms with Crippen LogP contribution in [0.25, 0.3) is 0 Å². The van der Waals surface area contributed by atoms with Crippen LogP contribution in [-0.4, -0.2) is 5.97 Å². The van der Waals surface area contributed by atoms with E-state index in [1.165, 1.54) is 6.07 Å². The molecule has 0 saturated heterocycles. The lowest BCUT2D eigenvalue weighted by Crippen LogP contribution is -2.08. The molecule has 0 spiro atoms. The Balaban J connectivity index is 2.09. The average Bonchev–Trinajstić information content (AvgIpc) is 2.66. The van der Waals surface area contributed by atoms with Crippen LogP contribution >= 0.6 is 0 Å². The fourth-order valence-corrected chi connectivity index (χ4v) is 4.46. The van der Waals surface area contributed by atoms with Crippen LogP contribution < -0.4 is 4.74 Å². The van der Waals surface area contributed by atoms with Crippen LogP contribution in [0, 0.1) is 5.82 Å². The van der Waals surface area contributed by atoms with Crippen molar-refractivity contribution in [2.24, 2.45) is 0 Å². The summed E-state index contributed by atoms with van der Waals surface area (Å²) in [6.07, 6.45) is 1.01. The number of hydrogen-bond acceptors (Lipinski definition) is 2. The summed E-state index contributed by atoms with van der Waals surface area (Å²) >= 11 is 0. The van der Waals surface area contributed by atoms with Gasteiger partial charge in [0.25, 0.3) is 0 Å². The second-order valence-electron chi connectivity index (χ2n) is 5.15. The molecule has 3 rings (SSSR count). The molecule has 3 aromatic carbocycles. The molecular weight excluding hydrogens is 335 g/mol. The van der Waals surface area contributed by atoms with Gasteiger partial charge in [0.05, 0.1) is 10.9 Å². The summed E-state index contributed by atoms with van der Waals surface area (Å²) in [5.41, 5.74) is 0. The van der Waals surface area contributed by atoms with Gasteiger partial charge in [0, 0.05) is 12.1 Å². The highest BCUT2D eigenvalue weighted by Crippen LogP contribution is 2.33. The zero-order valence-corrected chi connectivity index (χ0v) is 14.2. The maximum Gasteiger partial charge on any atom is 0.335 e. The third kappa shape index (κ3) is 3.98. The first-order valence-corrected chi connectivity index (χ1v) is 8.89. The zero-order chi connectivity index (χ0) is 17.6. The molecule has 0 atom stereocenters. The van der Waals surface area contributed by atoms with E-state index < -0.39 is 22.7 Å². The van der Waals surface area contributed by atoms with Crippen molar-refractivity contribution in [3.05, 3.63) is 97.3 Å². The Labute approximate surface area is 148 Å². The van der Waals surface area contributed by atoms with Crippen LogP contribution in [0.3, 0.4) is 0 Å². The monoisotopic (exact) mass is 351 g/mol. The van der Waals surface area contributed by atoms with Gasteiger partial charge in [-0.2, -0.15) is 0 Å². The maximum atomic E-state index is 14.0. The minimum Gasteiger partial charge on any atom is -0.420 e. The third-order valence-electron chi connectivity index (χ3n) is 3.47. The first-order chi connectivity index (χ1) is 12.2. The van der Waals surface area contributed by atoms with Gasteiger partial charge in [0.2, 0.25) is 0 Å². The van der Waals surface area contributed by atoms with Gasteiger partial charge in [-0.25, -0.2) is 9.18 Å². The van der Waals surface area contributed by atoms with E-state index in [4.69, 9.17) is 4.74 Å². The number of benzene rings is 3. The Morgan fingerprint density at radius 2 is 1.44 bits per heavy atom. The molecule has 0 aliphatic rings. The third-order valence-corrected chi connectivity index (χ3v) is 5.69. The molecule has 0 radical (unpaired) electrons. The molecule has 3 aromatic rings. The number of rotatable bonds is 5. The van der Waals surface area contributed by atoms with E-state index in [0.717, 1.165) is 20.8 Å². The summed E-state index contributed by atoms with van der Waals surface area (Å²) < 4.78 is 19.1. The fourth-order valence-electron chi connectivity index (χ4n) is 2.36. The van der Waals surface area contributed by atoms with Gasteiger partial charge in [-0.05, 0) is 36.4 Å². The van der Waals surface area contributed by atoms with Crippen LogP contribution in [0.2, 0.25) is 0 Å². The SMILES string of the molecule is C=CC(=O)Oc1cc([S+](c2ccccc2)c2ccccc2)ccc1F. The van der Waals surface area contributed by atoms with E-state index in [1.807, 2.05) is 60.7 Å². The average molecular weight is 351 g/mol. The quantitative estimate of drug-likeness (QED) is 0.279. The predicted molar refractivity (Wildman–Crippen MR) is 97.3 cm³/mol. The van der Waals surface area contributed by atoms with E-state index in [9.17, 15) is 9.18 Å². The number of esters is 1. The molecule has 0 amide bonds. The smallest absolute Gasteiger partial charge is 0.335 e. The standard InChI is InChI=1S/C21H16FO2S/c1-2-21(23)24-20-15-18(13-14-19(20)22)25(16-9-5-3-6-10-16)17-11-7-4-8-12-17/h2-15H,1H2/q+1. The van der Waals surface area contributed by atoms with Crippen LogP contribution in [0.4, 0.5) is 4.39 Å². The summed E-state index contributed by atoms with van der Waals surface area (Å²) in [4.78, 5) is 14.5. The molecule has 124 valence electrons. The molecule has 0 heterocycles. The Kier molecular flexibility index (Phi) is 5.31. The Bertz CT molecular complexity index is 839. The largest absolute Gasteiger partial charge is 0.420 e. The lowest BCUT2D eigenvalue weighted by atomic mass is 10.3. The Morgan fingerprint density at radius 1 is 0.880 bits per heavy atom. The molecule has 0 aliphatic heterocycles. The number of ether oxygens (including phenoxy) is 1. The van der Waals surface area contributed by atoms with Crippen LogP contribution in [-0.2, 0) is 15.7 Å². The maximum absolute atomic E-state index is 14.0. The number of halogens is 1. The highest BCUT2D eigenvalue weighted by Gasteiger charge is 2.29. The van der Waals surface area contributed by atoms with Gasteiger partial charge in [-0.1, -0.05) is 43.0 Å². The van der Waals surface area contributed by atoms with Gasteiger partial charge in [0.15, 0.2) is 26.3 Å². The number of carbonyl (C=O) groups excluding carboxylic acids is 1. The summed E-state index contributed by atoms with van der Waals surface area (Å²) in [6.45, 7) is 3.34. The topological polar surface area (TPSA) is 26.3 Å². The van der Waals surface area contributed by atoms with Crippen molar-refractivity contribution in [2.75, 3.05) is 0 Å². The summed E-state index contributed by atoms with van der Waals surface area (Å²) in [7, 11) is -0.434. The van der Waals surface area contributed by atoms with Crippen molar-refractivity contribution in [3.63, 3.8) is 0 Å². The van der Waals surface area contributed by atoms with Gasteiger partial charge < -0.3 is 4.74 Å². The van der Waals surface area contributed by atoms with Crippen molar-refractivity contribution in [2.45, 2.75) is 14.7 Å². The summed E-state index contributed by atoms with van der Waals surface area (Å²) in [5.74, 6) is -1.36. The van der Waals surface area contributed by atoms with Crippen molar-refractivity contribution in [1.82, 2.24) is 0 Å². The van der Waals surface area contributed by atoms with E-state index in [-0.39, 0.29) is 5.75 Å². The minimum absolute atomic E-state index is 0.0910. The predicted octanol–water partition coefficient (Wildman–Crippen LogP) is 5.01. The molecule has 0 N–H and O–H groups in total. The second kappa shape index (κ2) is 7.81. The highest BCUT2D eigenvalue weighted by molar-refractivity contribution is 7.97. The minimum atomic E-state index is -0.685. The summed E-state index contributed by atoms with van der Waals surface area (Å²) in [6, 6.07) is 24.6. The van der Waals surface area contributed by atoms with Gasteiger partial charge in [0.1, 0.15) is 0 Å². The first-order valence-electron chi connectivity index (χ1n) is 7.67. The van der Waals surface area contributed by atoms with Crippen molar-refractivity contribution < 1.29 is 13.9 Å². The number of hydrogen-bond donors (Lipinski definition) is 0. The second-order valence-corrected chi connectivity index (χ2v) is 7.18. The fraction of sp³-hybridized carbons (Fsp3) is 0. The van der Waals surface area contributed by atoms with E-state index in [2.05, 4.69) is 6.58 Å². The zero-order valence-electron chi connectivity index (χ0n) is 13.4. The Hall–Kier alpha value is -2.85. The van der Waals surface area contributed by atoms with Crippen molar-refractivity contribution >= 4 is 16.9 Å². The van der Waals surface area contributed by atoms with E-state index >= 15 is 0 Å². The molecule has 0 aromatic heterocycles. The molecule has 0 fully saturated rings. The van der Waals surface area contributed by atoms with E-state index in [0.29, 0.717) is 0 Å². The summed E-state index contributed by atoms with van der Waals surface area (Å²) in [5, 5.41) is 0. The van der Waals surface area contributed by atoms with Crippen molar-refractivity contribution in [3.8, 4) is 5.75 Å². The lowest BCUT2D eigenvalue weighted by molar-refractivity contribution is -0.129. The molecule has 0 unspecified atom stereocenters. The molecule has 2 nitrogen and oxygen atoms in total. The van der Waals surface area contributed by atoms with Crippen molar-refractivity contribution in [1.29, 1.82) is 0 Å². The Morgan fingerprint density at radius 3 is 1.96 bits per heavy atom. The van der Waals surface area contributed by atoms with E-state index in [1.54, 1.807) is 12.1 Å². The lowest BCUT2D eigenvalue weighted by Gasteiger charge is -2.09. The van der Waals surface area contributed by atoms with Crippen LogP contribution in [0.5, 0.6) is 5.75 Å². The normalized spacial score (nSPS) is 10.5. The number of carbonyl (C=O) groups is 1. The van der Waals surface area contributed by atoms with Crippen LogP contribution in [0.1, 0.15) is 0 Å². The molecule has 0 aliphatic carbocycles. The first kappa shape index (κ1) is 17.0. The van der Waals surface area contributed by atoms with Crippen LogP contribution in [0.15, 0.2) is 106 Å². The molecular formula is C21H16FO2S+. The molecule has 0 saturated carbocycles. The van der Waals surface area contributed by atoms with Gasteiger partial charge in [-0.3, -0.25) is 0 Å².